The zero-order chi connectivity index (χ0) is 20.1. The third-order valence-electron chi connectivity index (χ3n) is 4.51. The first kappa shape index (κ1) is 19.1. The molecular weight excluding hydrogens is 389 g/mol. The Hall–Kier alpha value is -2.68. The number of hydrogen-bond donors (Lipinski definition) is 0. The molecule has 1 aliphatic rings. The van der Waals surface area contributed by atoms with Crippen LogP contribution >= 0.6 is 11.6 Å². The first-order valence-electron chi connectivity index (χ1n) is 7.77. The number of nitrogens with zero attached hydrogens (tertiary/aromatic N) is 2. The molecule has 0 spiro atoms. The Morgan fingerprint density at radius 3 is 2.48 bits per heavy atom. The summed E-state index contributed by atoms with van der Waals surface area (Å²) >= 11 is 5.90. The number of benzene rings is 2. The highest BCUT2D eigenvalue weighted by Crippen LogP contribution is 2.46. The van der Waals surface area contributed by atoms with Crippen molar-refractivity contribution in [2.75, 3.05) is 17.3 Å². The molecule has 1 atom stereocenters. The van der Waals surface area contributed by atoms with Gasteiger partial charge in [0, 0.05) is 30.0 Å². The number of non-ortho nitro benzene ring substituents is 1. The third-order valence-corrected chi connectivity index (χ3v) is 4.89. The number of halogens is 4. The fourth-order valence-corrected chi connectivity index (χ4v) is 3.57. The Kier molecular flexibility index (Phi) is 4.59. The molecule has 6 nitrogen and oxygen atoms in total. The highest BCUT2D eigenvalue weighted by Gasteiger charge is 2.47. The van der Waals surface area contributed by atoms with Gasteiger partial charge in [-0.1, -0.05) is 12.1 Å². The van der Waals surface area contributed by atoms with Crippen LogP contribution in [0.1, 0.15) is 28.8 Å². The van der Waals surface area contributed by atoms with Gasteiger partial charge in [0.2, 0.25) is 0 Å². The van der Waals surface area contributed by atoms with Gasteiger partial charge in [-0.15, -0.1) is 11.6 Å². The van der Waals surface area contributed by atoms with Crippen LogP contribution in [0.4, 0.5) is 24.5 Å². The average molecular weight is 401 g/mol. The number of anilines is 1. The summed E-state index contributed by atoms with van der Waals surface area (Å²) in [6.07, 6.45) is -5.12. The Labute approximate surface area is 155 Å². The molecule has 0 aromatic heterocycles. The number of hydrogen-bond acceptors (Lipinski definition) is 4. The number of fused-ring (bicyclic) bond motifs is 3. The fourth-order valence-electron chi connectivity index (χ4n) is 3.32. The van der Waals surface area contributed by atoms with E-state index in [0.29, 0.717) is 15.8 Å². The minimum atomic E-state index is -5.12. The summed E-state index contributed by atoms with van der Waals surface area (Å²) < 4.78 is 38.8. The van der Waals surface area contributed by atoms with Crippen molar-refractivity contribution in [1.82, 2.24) is 0 Å². The van der Waals surface area contributed by atoms with Crippen molar-refractivity contribution in [3.63, 3.8) is 0 Å². The molecule has 2 aromatic carbocycles. The molecule has 142 valence electrons. The van der Waals surface area contributed by atoms with Crippen molar-refractivity contribution in [2.45, 2.75) is 19.0 Å². The second-order valence-electron chi connectivity index (χ2n) is 6.17. The van der Waals surface area contributed by atoms with E-state index in [1.807, 2.05) is 0 Å². The molecule has 1 amide bonds. The fraction of sp³-hybridized carbons (Fsp3) is 0.294. The Balaban J connectivity index is 2.34. The smallest absolute Gasteiger partial charge is 0.303 e. The van der Waals surface area contributed by atoms with Crippen LogP contribution < -0.4 is 4.90 Å². The number of ketones is 1. The lowest BCUT2D eigenvalue weighted by atomic mass is 9.93. The van der Waals surface area contributed by atoms with Crippen LogP contribution in [0.15, 0.2) is 24.3 Å². The lowest BCUT2D eigenvalue weighted by molar-refractivity contribution is -0.383. The predicted molar refractivity (Wildman–Crippen MR) is 92.5 cm³/mol. The molecule has 0 radical (unpaired) electrons. The molecule has 10 heteroatoms. The van der Waals surface area contributed by atoms with Crippen LogP contribution in [-0.2, 0) is 4.79 Å². The van der Waals surface area contributed by atoms with Gasteiger partial charge in [0.15, 0.2) is 5.78 Å². The van der Waals surface area contributed by atoms with Gasteiger partial charge in [0.1, 0.15) is 0 Å². The van der Waals surface area contributed by atoms with Gasteiger partial charge in [0.05, 0.1) is 16.0 Å². The predicted octanol–water partition coefficient (Wildman–Crippen LogP) is 4.18. The summed E-state index contributed by atoms with van der Waals surface area (Å²) in [6, 6.07) is 5.15. The summed E-state index contributed by atoms with van der Waals surface area (Å²) in [5.41, 5.74) is -0.104. The largest absolute Gasteiger partial charge is 0.471 e. The number of Topliss-reactive ketones (excluding diaryl/α,β-unsaturated/α-hetero) is 1. The van der Waals surface area contributed by atoms with Crippen molar-refractivity contribution in [1.29, 1.82) is 0 Å². The van der Waals surface area contributed by atoms with Gasteiger partial charge >= 0.3 is 12.1 Å². The second-order valence-corrected chi connectivity index (χ2v) is 6.48. The first-order chi connectivity index (χ1) is 12.6. The maximum Gasteiger partial charge on any atom is 0.471 e. The lowest BCUT2D eigenvalue weighted by Gasteiger charge is -2.19. The zero-order valence-electron chi connectivity index (χ0n) is 13.8. The SMILES string of the molecule is CC(=O)c1ccc2c3c(cc([N+](=O)[O-])c2c1)N(C(=O)C(F)(F)F)CC3CCl. The minimum absolute atomic E-state index is 0.0734. The Bertz CT molecular complexity index is 990. The van der Waals surface area contributed by atoms with Gasteiger partial charge in [0.25, 0.3) is 5.69 Å². The first-order valence-corrected chi connectivity index (χ1v) is 8.30. The van der Waals surface area contributed by atoms with Crippen molar-refractivity contribution >= 4 is 45.4 Å². The molecule has 27 heavy (non-hydrogen) atoms. The maximum atomic E-state index is 12.9. The van der Waals surface area contributed by atoms with E-state index in [4.69, 9.17) is 11.6 Å². The van der Waals surface area contributed by atoms with Crippen molar-refractivity contribution in [2.24, 2.45) is 0 Å². The number of rotatable bonds is 3. The van der Waals surface area contributed by atoms with Crippen LogP contribution in [0.3, 0.4) is 0 Å². The number of nitro groups is 1. The molecule has 0 bridgehead atoms. The monoisotopic (exact) mass is 400 g/mol. The molecule has 1 aliphatic heterocycles. The quantitative estimate of drug-likeness (QED) is 0.335. The van der Waals surface area contributed by atoms with Crippen LogP contribution in [0.5, 0.6) is 0 Å². The van der Waals surface area contributed by atoms with Gasteiger partial charge in [-0.3, -0.25) is 19.7 Å². The molecule has 1 unspecified atom stereocenters. The summed E-state index contributed by atoms with van der Waals surface area (Å²) in [4.78, 5) is 34.6. The Morgan fingerprint density at radius 2 is 1.96 bits per heavy atom. The van der Waals surface area contributed by atoms with Crippen LogP contribution in [0.2, 0.25) is 0 Å². The van der Waals surface area contributed by atoms with E-state index in [0.717, 1.165) is 6.07 Å². The van der Waals surface area contributed by atoms with E-state index in [-0.39, 0.29) is 34.8 Å². The molecule has 1 heterocycles. The molecule has 0 N–H and O–H groups in total. The standard InChI is InChI=1S/C17H12ClF3N2O4/c1-8(24)9-2-3-11-12(4-9)13(23(26)27)5-14-15(11)10(6-18)7-22(14)16(25)17(19,20)21/h2-5,10H,6-7H2,1H3. The highest BCUT2D eigenvalue weighted by molar-refractivity contribution is 6.19. The van der Waals surface area contributed by atoms with E-state index < -0.39 is 28.6 Å². The topological polar surface area (TPSA) is 80.5 Å². The molecule has 3 rings (SSSR count). The second kappa shape index (κ2) is 6.49. The normalized spacial score (nSPS) is 16.5. The van der Waals surface area contributed by atoms with E-state index in [9.17, 15) is 32.9 Å². The van der Waals surface area contributed by atoms with Crippen molar-refractivity contribution in [3.8, 4) is 0 Å². The van der Waals surface area contributed by atoms with Gasteiger partial charge in [-0.2, -0.15) is 13.2 Å². The van der Waals surface area contributed by atoms with Crippen LogP contribution in [0.25, 0.3) is 10.8 Å². The lowest BCUT2D eigenvalue weighted by Crippen LogP contribution is -2.40. The summed E-state index contributed by atoms with van der Waals surface area (Å²) in [5.74, 6) is -3.12. The number of amides is 1. The molecule has 0 saturated heterocycles. The average Bonchev–Trinajstić information content (AvgIpc) is 2.97. The number of alkyl halides is 4. The summed E-state index contributed by atoms with van der Waals surface area (Å²) in [7, 11) is 0. The van der Waals surface area contributed by atoms with Crippen LogP contribution in [-0.4, -0.2) is 35.2 Å². The highest BCUT2D eigenvalue weighted by atomic mass is 35.5. The van der Waals surface area contributed by atoms with E-state index >= 15 is 0 Å². The number of nitro benzene ring substituents is 1. The van der Waals surface area contributed by atoms with E-state index in [2.05, 4.69) is 0 Å². The van der Waals surface area contributed by atoms with Gasteiger partial charge in [-0.25, -0.2) is 0 Å². The maximum absolute atomic E-state index is 12.9. The van der Waals surface area contributed by atoms with Crippen molar-refractivity contribution in [3.05, 3.63) is 45.5 Å². The van der Waals surface area contributed by atoms with E-state index in [1.165, 1.54) is 25.1 Å². The Morgan fingerprint density at radius 1 is 1.30 bits per heavy atom. The summed E-state index contributed by atoms with van der Waals surface area (Å²) in [6.45, 7) is 0.966. The zero-order valence-corrected chi connectivity index (χ0v) is 14.6. The molecule has 0 saturated carbocycles. The number of carbonyl (C=O) groups excluding carboxylic acids is 2. The summed E-state index contributed by atoms with van der Waals surface area (Å²) in [5, 5.41) is 11.9. The third kappa shape index (κ3) is 3.12. The van der Waals surface area contributed by atoms with Gasteiger partial charge < -0.3 is 4.90 Å². The van der Waals surface area contributed by atoms with Crippen LogP contribution in [0, 0.1) is 10.1 Å². The van der Waals surface area contributed by atoms with Crippen molar-refractivity contribution < 1.29 is 27.7 Å². The molecule has 0 aliphatic carbocycles. The number of carbonyl (C=O) groups is 2. The van der Waals surface area contributed by atoms with E-state index in [1.54, 1.807) is 0 Å². The molecule has 0 fully saturated rings. The molecular formula is C17H12ClF3N2O4. The molecule has 2 aromatic rings. The van der Waals surface area contributed by atoms with Gasteiger partial charge in [-0.05, 0) is 23.9 Å². The minimum Gasteiger partial charge on any atom is -0.303 e.